The number of pyridine rings is 1. The maximum absolute atomic E-state index is 13.1. The summed E-state index contributed by atoms with van der Waals surface area (Å²) < 4.78 is 7.13. The van der Waals surface area contributed by atoms with Crippen LogP contribution in [0.5, 0.6) is 5.75 Å². The van der Waals surface area contributed by atoms with Crippen LogP contribution >= 0.6 is 0 Å². The van der Waals surface area contributed by atoms with Crippen LogP contribution in [0.4, 0.5) is 5.82 Å². The third-order valence-electron chi connectivity index (χ3n) is 5.73. The van der Waals surface area contributed by atoms with Crippen LogP contribution in [0.1, 0.15) is 25.6 Å². The van der Waals surface area contributed by atoms with E-state index in [1.54, 1.807) is 7.11 Å². The molecule has 2 aliphatic rings. The van der Waals surface area contributed by atoms with E-state index in [0.29, 0.717) is 29.4 Å². The first kappa shape index (κ1) is 20.0. The molecule has 0 amide bonds. The Labute approximate surface area is 186 Å². The maximum atomic E-state index is 13.1. The molecular weight excluding hydrogens is 400 g/mol. The highest BCUT2D eigenvalue weighted by Gasteiger charge is 2.21. The summed E-state index contributed by atoms with van der Waals surface area (Å²) in [5.74, 6) is 5.50. The molecule has 5 rings (SSSR count). The molecule has 0 saturated carbocycles. The standard InChI is InChI=1S/C26H24N4O2/c1-17-8-11-23-29-24(21-14-19-9-10-20(32-2)15-22(19)28-26(21)31)25(30(23)13-12-17)27-16-18-6-4-3-5-7-18/h3-4,6,8-11,14-15,17,27H,5,7,16H2,1-2H3,(H,28,31). The van der Waals surface area contributed by atoms with Gasteiger partial charge in [-0.2, -0.15) is 0 Å². The number of methoxy groups -OCH3 is 1. The number of benzene rings is 1. The van der Waals surface area contributed by atoms with Crippen LogP contribution in [0.25, 0.3) is 28.2 Å². The van der Waals surface area contributed by atoms with E-state index in [-0.39, 0.29) is 11.5 Å². The minimum absolute atomic E-state index is 0.137. The third kappa shape index (κ3) is 3.74. The molecule has 1 aliphatic carbocycles. The van der Waals surface area contributed by atoms with Gasteiger partial charge in [0, 0.05) is 24.6 Å². The summed E-state index contributed by atoms with van der Waals surface area (Å²) >= 11 is 0. The molecule has 6 heteroatoms. The molecule has 2 aromatic heterocycles. The molecule has 32 heavy (non-hydrogen) atoms. The lowest BCUT2D eigenvalue weighted by Crippen LogP contribution is -2.13. The minimum atomic E-state index is -0.202. The molecule has 0 fully saturated rings. The first-order valence-electron chi connectivity index (χ1n) is 10.7. The van der Waals surface area contributed by atoms with Crippen molar-refractivity contribution in [3.8, 4) is 29.0 Å². The van der Waals surface area contributed by atoms with Gasteiger partial charge in [-0.25, -0.2) is 9.55 Å². The second-order valence-electron chi connectivity index (χ2n) is 8.02. The van der Waals surface area contributed by atoms with Gasteiger partial charge < -0.3 is 15.0 Å². The Balaban J connectivity index is 1.63. The van der Waals surface area contributed by atoms with Crippen molar-refractivity contribution in [1.29, 1.82) is 0 Å². The second-order valence-corrected chi connectivity index (χ2v) is 8.02. The summed E-state index contributed by atoms with van der Waals surface area (Å²) in [4.78, 5) is 20.9. The number of aromatic nitrogens is 3. The largest absolute Gasteiger partial charge is 0.497 e. The number of nitrogens with one attached hydrogen (secondary N) is 2. The highest BCUT2D eigenvalue weighted by Crippen LogP contribution is 2.30. The molecule has 160 valence electrons. The number of anilines is 1. The lowest BCUT2D eigenvalue weighted by Gasteiger charge is -2.13. The fourth-order valence-electron chi connectivity index (χ4n) is 3.94. The summed E-state index contributed by atoms with van der Waals surface area (Å²) in [6.45, 7) is 2.72. The van der Waals surface area contributed by atoms with Crippen molar-refractivity contribution < 1.29 is 4.74 Å². The van der Waals surface area contributed by atoms with Crippen LogP contribution in [0.2, 0.25) is 0 Å². The molecule has 1 atom stereocenters. The van der Waals surface area contributed by atoms with Crippen molar-refractivity contribution in [1.82, 2.24) is 14.5 Å². The third-order valence-corrected chi connectivity index (χ3v) is 5.73. The van der Waals surface area contributed by atoms with Gasteiger partial charge in [-0.05, 0) is 49.4 Å². The lowest BCUT2D eigenvalue weighted by molar-refractivity contribution is 0.415. The normalized spacial score (nSPS) is 16.7. The number of hydrogen-bond donors (Lipinski definition) is 2. The molecule has 2 N–H and O–H groups in total. The molecule has 0 saturated heterocycles. The van der Waals surface area contributed by atoms with Crippen LogP contribution in [-0.2, 0) is 0 Å². The Hall–Kier alpha value is -3.98. The van der Waals surface area contributed by atoms with Gasteiger partial charge in [0.15, 0.2) is 0 Å². The summed E-state index contributed by atoms with van der Waals surface area (Å²) in [5, 5.41) is 4.42. The predicted molar refractivity (Wildman–Crippen MR) is 129 cm³/mol. The Kier molecular flexibility index (Phi) is 5.16. The van der Waals surface area contributed by atoms with Gasteiger partial charge in [-0.15, -0.1) is 0 Å². The van der Waals surface area contributed by atoms with E-state index in [1.807, 2.05) is 47.9 Å². The monoisotopic (exact) mass is 424 g/mol. The second kappa shape index (κ2) is 8.27. The van der Waals surface area contributed by atoms with Gasteiger partial charge in [0.2, 0.25) is 0 Å². The van der Waals surface area contributed by atoms with Crippen LogP contribution in [0, 0.1) is 17.9 Å². The quantitative estimate of drug-likeness (QED) is 0.589. The van der Waals surface area contributed by atoms with Crippen molar-refractivity contribution in [2.45, 2.75) is 19.8 Å². The zero-order chi connectivity index (χ0) is 22.1. The predicted octanol–water partition coefficient (Wildman–Crippen LogP) is 4.56. The van der Waals surface area contributed by atoms with Crippen molar-refractivity contribution >= 4 is 22.8 Å². The van der Waals surface area contributed by atoms with Crippen molar-refractivity contribution in [2.75, 3.05) is 19.0 Å². The lowest BCUT2D eigenvalue weighted by atomic mass is 10.1. The molecule has 1 unspecified atom stereocenters. The van der Waals surface area contributed by atoms with E-state index in [0.717, 1.165) is 29.6 Å². The molecule has 1 aliphatic heterocycles. The molecular formula is C26H24N4O2. The topological polar surface area (TPSA) is 71.9 Å². The Morgan fingerprint density at radius 1 is 1.34 bits per heavy atom. The zero-order valence-electron chi connectivity index (χ0n) is 18.1. The summed E-state index contributed by atoms with van der Waals surface area (Å²) in [7, 11) is 1.61. The van der Waals surface area contributed by atoms with E-state index in [9.17, 15) is 4.79 Å². The van der Waals surface area contributed by atoms with E-state index >= 15 is 0 Å². The van der Waals surface area contributed by atoms with E-state index in [4.69, 9.17) is 9.72 Å². The molecule has 6 nitrogen and oxygen atoms in total. The molecule has 3 heterocycles. The highest BCUT2D eigenvalue weighted by molar-refractivity contribution is 5.86. The average Bonchev–Trinajstić information content (AvgIpc) is 3.06. The van der Waals surface area contributed by atoms with Crippen LogP contribution in [0.15, 0.2) is 58.9 Å². The van der Waals surface area contributed by atoms with Gasteiger partial charge >= 0.3 is 0 Å². The summed E-state index contributed by atoms with van der Waals surface area (Å²) in [6, 6.07) is 10.7. The Bertz CT molecular complexity index is 1410. The summed E-state index contributed by atoms with van der Waals surface area (Å²) in [5.41, 5.74) is 2.93. The number of ether oxygens (including phenoxy) is 1. The van der Waals surface area contributed by atoms with Crippen molar-refractivity contribution in [3.05, 3.63) is 70.3 Å². The van der Waals surface area contributed by atoms with Crippen molar-refractivity contribution in [2.24, 2.45) is 5.92 Å². The minimum Gasteiger partial charge on any atom is -0.497 e. The number of aromatic amines is 1. The Morgan fingerprint density at radius 3 is 3.06 bits per heavy atom. The van der Waals surface area contributed by atoms with E-state index in [1.165, 1.54) is 5.57 Å². The van der Waals surface area contributed by atoms with Crippen LogP contribution in [-0.4, -0.2) is 28.2 Å². The Morgan fingerprint density at radius 2 is 2.25 bits per heavy atom. The van der Waals surface area contributed by atoms with Gasteiger partial charge in [-0.3, -0.25) is 4.79 Å². The number of H-pyrrole nitrogens is 1. The number of rotatable bonds is 5. The first-order valence-corrected chi connectivity index (χ1v) is 10.7. The highest BCUT2D eigenvalue weighted by atomic mass is 16.5. The van der Waals surface area contributed by atoms with Crippen molar-refractivity contribution in [3.63, 3.8) is 0 Å². The van der Waals surface area contributed by atoms with Crippen LogP contribution < -0.4 is 15.6 Å². The van der Waals surface area contributed by atoms with Gasteiger partial charge in [0.05, 0.1) is 18.2 Å². The molecule has 0 radical (unpaired) electrons. The number of nitrogens with zero attached hydrogens (tertiary/aromatic N) is 2. The fraction of sp³-hybridized carbons (Fsp3) is 0.231. The SMILES string of the molecule is COc1ccc2cc(-c3nc4n(c3NCC3=CC=CCC3)C#CC(C)C=C4)c(=O)[nH]c2c1. The number of allylic oxidation sites excluding steroid dienone is 4. The first-order chi connectivity index (χ1) is 15.6. The van der Waals surface area contributed by atoms with E-state index < -0.39 is 0 Å². The van der Waals surface area contributed by atoms with Gasteiger partial charge in [0.1, 0.15) is 23.1 Å². The number of hydrogen-bond acceptors (Lipinski definition) is 4. The average molecular weight is 425 g/mol. The smallest absolute Gasteiger partial charge is 0.258 e. The number of imidazole rings is 1. The molecule has 3 aromatic rings. The molecule has 0 spiro atoms. The van der Waals surface area contributed by atoms with Gasteiger partial charge in [0.25, 0.3) is 5.56 Å². The zero-order valence-corrected chi connectivity index (χ0v) is 18.1. The number of fused-ring (bicyclic) bond motifs is 2. The summed E-state index contributed by atoms with van der Waals surface area (Å²) in [6.07, 6.45) is 12.4. The maximum Gasteiger partial charge on any atom is 0.258 e. The fourth-order valence-corrected chi connectivity index (χ4v) is 3.94. The van der Waals surface area contributed by atoms with Crippen LogP contribution in [0.3, 0.4) is 0 Å². The molecule has 1 aromatic carbocycles. The molecule has 0 bridgehead atoms. The van der Waals surface area contributed by atoms with Gasteiger partial charge in [-0.1, -0.05) is 35.8 Å². The van der Waals surface area contributed by atoms with E-state index in [2.05, 4.69) is 40.5 Å².